The summed E-state index contributed by atoms with van der Waals surface area (Å²) < 4.78 is 7.20. The number of pyridine rings is 1. The topological polar surface area (TPSA) is 67.8 Å². The van der Waals surface area contributed by atoms with Gasteiger partial charge in [0.2, 0.25) is 0 Å². The standard InChI is InChI=1S/C50H40N5O/c1-5-16-32(17-6-1)35-30-42(50-53-48(33-18-7-2-8-19-33)52-49(54-50)34-20-9-3-10-21-34)44(51-31-35)41-26-15-25-39-40-29-28-38-37-24-13-14-27-43(37)55(36-22-11-4-12-23-36)45(38)47(40)56-46(39)41/h1-9,11-12,15-20,22-26,28-31,43,49-50H,10,13-14,21,27H2,(H,52,53)/q-1. The van der Waals surface area contributed by atoms with Crippen molar-refractivity contribution in [1.82, 2.24) is 10.3 Å². The summed E-state index contributed by atoms with van der Waals surface area (Å²) in [5, 5.41) is 11.4. The van der Waals surface area contributed by atoms with Crippen LogP contribution in [0.4, 0.5) is 11.4 Å². The van der Waals surface area contributed by atoms with Gasteiger partial charge in [-0.3, -0.25) is 9.98 Å². The predicted molar refractivity (Wildman–Crippen MR) is 229 cm³/mol. The molecule has 6 nitrogen and oxygen atoms in total. The summed E-state index contributed by atoms with van der Waals surface area (Å²) in [6.07, 6.45) is 15.5. The quantitative estimate of drug-likeness (QED) is 0.185. The third-order valence-electron chi connectivity index (χ3n) is 11.8. The zero-order chi connectivity index (χ0) is 37.0. The number of rotatable bonds is 6. The van der Waals surface area contributed by atoms with Crippen LogP contribution in [-0.2, 0) is 0 Å². The van der Waals surface area contributed by atoms with Crippen molar-refractivity contribution < 1.29 is 4.42 Å². The Morgan fingerprint density at radius 3 is 2.32 bits per heavy atom. The fourth-order valence-corrected chi connectivity index (χ4v) is 9.11. The van der Waals surface area contributed by atoms with E-state index in [9.17, 15) is 0 Å². The molecule has 56 heavy (non-hydrogen) atoms. The van der Waals surface area contributed by atoms with Crippen LogP contribution in [0.1, 0.15) is 55.0 Å². The molecule has 2 aliphatic carbocycles. The van der Waals surface area contributed by atoms with Gasteiger partial charge in [0.1, 0.15) is 11.4 Å². The van der Waals surface area contributed by atoms with E-state index in [-0.39, 0.29) is 6.17 Å². The summed E-state index contributed by atoms with van der Waals surface area (Å²) in [6, 6.07) is 45.2. The first-order valence-corrected chi connectivity index (χ1v) is 19.8. The second kappa shape index (κ2) is 13.7. The molecule has 2 aromatic heterocycles. The number of para-hydroxylation sites is 2. The van der Waals surface area contributed by atoms with E-state index in [0.717, 1.165) is 92.7 Å². The van der Waals surface area contributed by atoms with Crippen molar-refractivity contribution in [3.63, 3.8) is 0 Å². The van der Waals surface area contributed by atoms with Gasteiger partial charge in [-0.05, 0) is 91.5 Å². The number of aromatic nitrogens is 1. The Morgan fingerprint density at radius 2 is 1.52 bits per heavy atom. The summed E-state index contributed by atoms with van der Waals surface area (Å²) in [6.45, 7) is 0. The smallest absolute Gasteiger partial charge is 0.159 e. The fourth-order valence-electron chi connectivity index (χ4n) is 9.11. The van der Waals surface area contributed by atoms with Gasteiger partial charge in [0, 0.05) is 44.9 Å². The minimum absolute atomic E-state index is 0.292. The highest BCUT2D eigenvalue weighted by Gasteiger charge is 2.38. The van der Waals surface area contributed by atoms with Crippen molar-refractivity contribution >= 4 is 44.7 Å². The molecule has 0 bridgehead atoms. The summed E-state index contributed by atoms with van der Waals surface area (Å²) in [5.41, 5.74) is 13.9. The summed E-state index contributed by atoms with van der Waals surface area (Å²) in [5.74, 6) is 0.830. The fraction of sp³-hybridized carbons (Fsp3) is 0.160. The predicted octanol–water partition coefficient (Wildman–Crippen LogP) is 12.4. The van der Waals surface area contributed by atoms with Crippen molar-refractivity contribution in [2.45, 2.75) is 50.5 Å². The molecule has 7 aromatic rings. The van der Waals surface area contributed by atoms with E-state index < -0.39 is 6.17 Å². The van der Waals surface area contributed by atoms with Gasteiger partial charge >= 0.3 is 0 Å². The number of allylic oxidation sites excluding steroid dienone is 4. The van der Waals surface area contributed by atoms with Gasteiger partial charge in [0.15, 0.2) is 5.58 Å². The molecule has 0 saturated carbocycles. The van der Waals surface area contributed by atoms with Gasteiger partial charge in [-0.15, -0.1) is 0 Å². The van der Waals surface area contributed by atoms with Crippen LogP contribution in [-0.4, -0.2) is 23.0 Å². The molecule has 4 aliphatic rings. The number of hydrogen-bond acceptors (Lipinski definition) is 5. The lowest BCUT2D eigenvalue weighted by molar-refractivity contribution is 0.635. The summed E-state index contributed by atoms with van der Waals surface area (Å²) >= 11 is 0. The third kappa shape index (κ3) is 5.51. The highest BCUT2D eigenvalue weighted by Crippen LogP contribution is 2.53. The normalized spacial score (nSPS) is 20.2. The van der Waals surface area contributed by atoms with Crippen molar-refractivity contribution in [2.75, 3.05) is 4.90 Å². The average molecular weight is 727 g/mol. The number of amidine groups is 1. The van der Waals surface area contributed by atoms with E-state index in [1.54, 1.807) is 0 Å². The molecule has 0 fully saturated rings. The number of nitrogens with zero attached hydrogens (tertiary/aromatic N) is 4. The highest BCUT2D eigenvalue weighted by molar-refractivity contribution is 6.16. The Kier molecular flexibility index (Phi) is 8.02. The van der Waals surface area contributed by atoms with Gasteiger partial charge < -0.3 is 20.0 Å². The van der Waals surface area contributed by atoms with Crippen LogP contribution in [0.15, 0.2) is 173 Å². The maximum absolute atomic E-state index is 7.20. The summed E-state index contributed by atoms with van der Waals surface area (Å²) in [4.78, 5) is 13.0. The lowest BCUT2D eigenvalue weighted by Crippen LogP contribution is -2.37. The minimum atomic E-state index is -0.418. The van der Waals surface area contributed by atoms with Crippen LogP contribution >= 0.6 is 0 Å². The monoisotopic (exact) mass is 726 g/mol. The molecule has 3 unspecified atom stereocenters. The Bertz CT molecular complexity index is 2750. The summed E-state index contributed by atoms with van der Waals surface area (Å²) in [7, 11) is 0. The van der Waals surface area contributed by atoms with Crippen LogP contribution in [0, 0.1) is 0 Å². The second-order valence-corrected chi connectivity index (χ2v) is 15.1. The third-order valence-corrected chi connectivity index (χ3v) is 11.8. The molecule has 0 spiro atoms. The molecular formula is C50H40N5O-. The number of hydrogen-bond donors (Lipinski definition) is 1. The van der Waals surface area contributed by atoms with Crippen molar-refractivity contribution in [1.29, 1.82) is 0 Å². The van der Waals surface area contributed by atoms with E-state index in [0.29, 0.717) is 6.04 Å². The molecule has 0 amide bonds. The lowest BCUT2D eigenvalue weighted by Gasteiger charge is -2.45. The Morgan fingerprint density at radius 1 is 0.732 bits per heavy atom. The van der Waals surface area contributed by atoms with Gasteiger partial charge in [-0.2, -0.15) is 0 Å². The van der Waals surface area contributed by atoms with Crippen molar-refractivity contribution in [2.24, 2.45) is 4.99 Å². The maximum atomic E-state index is 7.20. The zero-order valence-corrected chi connectivity index (χ0v) is 31.0. The van der Waals surface area contributed by atoms with Crippen LogP contribution in [0.3, 0.4) is 0 Å². The van der Waals surface area contributed by atoms with Gasteiger partial charge in [-0.1, -0.05) is 127 Å². The molecule has 11 rings (SSSR count). The molecule has 6 heteroatoms. The second-order valence-electron chi connectivity index (χ2n) is 15.1. The van der Waals surface area contributed by atoms with Crippen molar-refractivity contribution in [3.8, 4) is 22.4 Å². The first kappa shape index (κ1) is 32.9. The Labute approximate surface area is 326 Å². The van der Waals surface area contributed by atoms with E-state index >= 15 is 0 Å². The lowest BCUT2D eigenvalue weighted by atomic mass is 9.91. The maximum Gasteiger partial charge on any atom is 0.159 e. The number of benzene rings is 5. The van der Waals surface area contributed by atoms with Crippen LogP contribution in [0.2, 0.25) is 0 Å². The first-order chi connectivity index (χ1) is 27.8. The Hall–Kier alpha value is -6.50. The van der Waals surface area contributed by atoms with Crippen LogP contribution < -0.4 is 10.2 Å². The molecule has 0 saturated heterocycles. The Balaban J connectivity index is 1.11. The molecular weight excluding hydrogens is 687 g/mol. The number of nitrogens with one attached hydrogen (secondary N) is 1. The molecule has 4 heterocycles. The number of anilines is 2. The van der Waals surface area contributed by atoms with Gasteiger partial charge in [0.25, 0.3) is 0 Å². The molecule has 3 atom stereocenters. The number of furan rings is 1. The van der Waals surface area contributed by atoms with Crippen molar-refractivity contribution in [3.05, 3.63) is 185 Å². The number of aliphatic imine (C=N–C) groups is 1. The van der Waals surface area contributed by atoms with E-state index in [1.807, 2.05) is 18.3 Å². The van der Waals surface area contributed by atoms with E-state index in [1.165, 1.54) is 28.8 Å². The first-order valence-electron chi connectivity index (χ1n) is 19.8. The van der Waals surface area contributed by atoms with Gasteiger partial charge in [-0.25, -0.2) is 0 Å². The number of fused-ring (bicyclic) bond motifs is 7. The molecule has 1 N–H and O–H groups in total. The van der Waals surface area contributed by atoms with E-state index in [2.05, 4.69) is 150 Å². The van der Waals surface area contributed by atoms with Crippen LogP contribution in [0.5, 0.6) is 0 Å². The molecule has 272 valence electrons. The largest absolute Gasteiger partial charge is 0.613 e. The SMILES string of the molecule is C1=CCCC(C2N=C(c3ccccc3)NC(c3cc(-c4ccccc4)cnc3-c3cccc4c3oc3c5c(ccc34)C3=CCCCC3N5c3ccccc3)[N-]2)=C1. The minimum Gasteiger partial charge on any atom is -0.613 e. The average Bonchev–Trinajstić information content (AvgIpc) is 3.84. The highest BCUT2D eigenvalue weighted by atomic mass is 16.3. The van der Waals surface area contributed by atoms with E-state index in [4.69, 9.17) is 19.7 Å². The molecule has 0 radical (unpaired) electrons. The molecule has 5 aromatic carbocycles. The molecule has 2 aliphatic heterocycles. The van der Waals surface area contributed by atoms with Crippen LogP contribution in [0.25, 0.3) is 55.2 Å². The van der Waals surface area contributed by atoms with Gasteiger partial charge in [0.05, 0.1) is 17.4 Å². The zero-order valence-electron chi connectivity index (χ0n) is 31.0.